The molecule has 6 nitrogen and oxygen atoms in total. The smallest absolute Gasteiger partial charge is 0.281 e. The van der Waals surface area contributed by atoms with Crippen molar-refractivity contribution in [1.82, 2.24) is 19.8 Å². The molecule has 1 aromatic carbocycles. The van der Waals surface area contributed by atoms with Crippen LogP contribution in [0, 0.1) is 6.92 Å². The third-order valence-corrected chi connectivity index (χ3v) is 6.27. The van der Waals surface area contributed by atoms with E-state index < -0.39 is 0 Å². The molecule has 1 saturated heterocycles. The van der Waals surface area contributed by atoms with Gasteiger partial charge in [-0.3, -0.25) is 9.69 Å². The van der Waals surface area contributed by atoms with Crippen LogP contribution in [0.5, 0.6) is 10.9 Å². The normalized spacial score (nSPS) is 20.2. The predicted octanol–water partition coefficient (Wildman–Crippen LogP) is 4.23. The highest BCUT2D eigenvalue weighted by atomic mass is 32.1. The molecule has 0 N–H and O–H groups in total. The summed E-state index contributed by atoms with van der Waals surface area (Å²) >= 11 is 1.51. The van der Waals surface area contributed by atoms with Crippen LogP contribution in [0.4, 0.5) is 0 Å². The zero-order valence-electron chi connectivity index (χ0n) is 17.3. The molecule has 0 unspecified atom stereocenters. The highest BCUT2D eigenvalue weighted by Crippen LogP contribution is 2.31. The van der Waals surface area contributed by atoms with E-state index in [1.165, 1.54) is 16.9 Å². The number of benzene rings is 1. The van der Waals surface area contributed by atoms with Crippen LogP contribution in [0.2, 0.25) is 0 Å². The minimum Gasteiger partial charge on any atom is -0.431 e. The van der Waals surface area contributed by atoms with E-state index in [-0.39, 0.29) is 11.9 Å². The molecule has 0 radical (unpaired) electrons. The molecule has 0 bridgehead atoms. The number of rotatable bonds is 4. The molecule has 1 aliphatic rings. The van der Waals surface area contributed by atoms with Crippen LogP contribution >= 0.6 is 11.3 Å². The van der Waals surface area contributed by atoms with Crippen molar-refractivity contribution >= 4 is 27.6 Å². The van der Waals surface area contributed by atoms with E-state index in [0.717, 1.165) is 41.3 Å². The lowest BCUT2D eigenvalue weighted by molar-refractivity contribution is -0.134. The average Bonchev–Trinajstić information content (AvgIpc) is 3.07. The first-order chi connectivity index (χ1) is 13.9. The highest BCUT2D eigenvalue weighted by Gasteiger charge is 2.30. The summed E-state index contributed by atoms with van der Waals surface area (Å²) in [4.78, 5) is 25.0. The molecule has 2 atom stereocenters. The Morgan fingerprint density at radius 2 is 1.97 bits per heavy atom. The van der Waals surface area contributed by atoms with Gasteiger partial charge in [-0.05, 0) is 50.1 Å². The molecule has 3 heterocycles. The monoisotopic (exact) mass is 410 g/mol. The fourth-order valence-corrected chi connectivity index (χ4v) is 4.69. The van der Waals surface area contributed by atoms with Gasteiger partial charge < -0.3 is 9.64 Å². The number of carbonyl (C=O) groups is 1. The maximum absolute atomic E-state index is 11.8. The Morgan fingerprint density at radius 3 is 2.69 bits per heavy atom. The number of pyridine rings is 1. The molecular formula is C22H26N4O2S. The lowest BCUT2D eigenvalue weighted by atomic mass is 10.1. The fourth-order valence-electron chi connectivity index (χ4n) is 3.80. The maximum Gasteiger partial charge on any atom is 0.281 e. The van der Waals surface area contributed by atoms with Crippen LogP contribution in [0.15, 0.2) is 36.5 Å². The van der Waals surface area contributed by atoms with Gasteiger partial charge in [0.05, 0.1) is 4.70 Å². The second-order valence-corrected chi connectivity index (χ2v) is 8.85. The number of aryl methyl sites for hydroxylation is 1. The lowest BCUT2D eigenvalue weighted by Crippen LogP contribution is -2.57. The predicted molar refractivity (Wildman–Crippen MR) is 115 cm³/mol. The van der Waals surface area contributed by atoms with Gasteiger partial charge in [0, 0.05) is 44.8 Å². The SMILES string of the molecule is CC(=O)N1C[C@H](C)N(Cc2ccc(Oc3nc4ncc(C)cc4s3)cc2)C[C@@H]1C. The molecule has 1 fully saturated rings. The summed E-state index contributed by atoms with van der Waals surface area (Å²) in [7, 11) is 0. The van der Waals surface area contributed by atoms with Crippen molar-refractivity contribution in [3.05, 3.63) is 47.7 Å². The number of carbonyl (C=O) groups excluding carboxylic acids is 1. The Kier molecular flexibility index (Phi) is 5.52. The number of hydrogen-bond donors (Lipinski definition) is 0. The van der Waals surface area contributed by atoms with E-state index in [0.29, 0.717) is 11.2 Å². The molecule has 3 aromatic rings. The van der Waals surface area contributed by atoms with Gasteiger partial charge in [0.15, 0.2) is 5.65 Å². The number of ether oxygens (including phenoxy) is 1. The van der Waals surface area contributed by atoms with E-state index in [1.54, 1.807) is 6.92 Å². The van der Waals surface area contributed by atoms with Gasteiger partial charge in [0.25, 0.3) is 5.19 Å². The first-order valence-electron chi connectivity index (χ1n) is 9.90. The fraction of sp³-hybridized carbons (Fsp3) is 0.409. The molecule has 0 spiro atoms. The molecule has 0 aliphatic carbocycles. The van der Waals surface area contributed by atoms with E-state index in [9.17, 15) is 4.79 Å². The van der Waals surface area contributed by atoms with Gasteiger partial charge in [-0.15, -0.1) is 0 Å². The first kappa shape index (κ1) is 19.8. The van der Waals surface area contributed by atoms with Gasteiger partial charge in [-0.1, -0.05) is 23.5 Å². The topological polar surface area (TPSA) is 58.6 Å². The summed E-state index contributed by atoms with van der Waals surface area (Å²) in [5.41, 5.74) is 3.07. The molecule has 4 rings (SSSR count). The van der Waals surface area contributed by atoms with Crippen LogP contribution in [0.25, 0.3) is 10.3 Å². The summed E-state index contributed by atoms with van der Waals surface area (Å²) < 4.78 is 6.97. The summed E-state index contributed by atoms with van der Waals surface area (Å²) in [6, 6.07) is 10.8. The second-order valence-electron chi connectivity index (χ2n) is 7.86. The van der Waals surface area contributed by atoms with Crippen molar-refractivity contribution in [2.24, 2.45) is 0 Å². The van der Waals surface area contributed by atoms with Gasteiger partial charge >= 0.3 is 0 Å². The van der Waals surface area contributed by atoms with E-state index in [2.05, 4.69) is 46.9 Å². The quantitative estimate of drug-likeness (QED) is 0.644. The maximum atomic E-state index is 11.8. The van der Waals surface area contributed by atoms with Crippen LogP contribution in [-0.2, 0) is 11.3 Å². The van der Waals surface area contributed by atoms with Gasteiger partial charge in [0.2, 0.25) is 5.91 Å². The number of amides is 1. The molecule has 7 heteroatoms. The largest absolute Gasteiger partial charge is 0.431 e. The van der Waals surface area contributed by atoms with E-state index in [1.807, 2.05) is 30.2 Å². The van der Waals surface area contributed by atoms with Gasteiger partial charge in [-0.25, -0.2) is 4.98 Å². The second kappa shape index (κ2) is 8.08. The Bertz CT molecular complexity index is 1020. The summed E-state index contributed by atoms with van der Waals surface area (Å²) in [6.07, 6.45) is 1.82. The van der Waals surface area contributed by atoms with Gasteiger partial charge in [0.1, 0.15) is 5.75 Å². The number of nitrogens with zero attached hydrogens (tertiary/aromatic N) is 4. The minimum atomic E-state index is 0.158. The molecule has 2 aromatic heterocycles. The minimum absolute atomic E-state index is 0.158. The van der Waals surface area contributed by atoms with Gasteiger partial charge in [-0.2, -0.15) is 4.98 Å². The molecular weight excluding hydrogens is 384 g/mol. The van der Waals surface area contributed by atoms with Crippen molar-refractivity contribution < 1.29 is 9.53 Å². The molecule has 1 amide bonds. The molecule has 152 valence electrons. The number of fused-ring (bicyclic) bond motifs is 1. The summed E-state index contributed by atoms with van der Waals surface area (Å²) in [5.74, 6) is 0.929. The highest BCUT2D eigenvalue weighted by molar-refractivity contribution is 7.20. The lowest BCUT2D eigenvalue weighted by Gasteiger charge is -2.43. The zero-order valence-corrected chi connectivity index (χ0v) is 18.1. The molecule has 0 saturated carbocycles. The number of aromatic nitrogens is 2. The third kappa shape index (κ3) is 4.41. The van der Waals surface area contributed by atoms with Crippen LogP contribution in [0.1, 0.15) is 31.9 Å². The number of piperazine rings is 1. The van der Waals surface area contributed by atoms with Crippen molar-refractivity contribution in [2.75, 3.05) is 13.1 Å². The summed E-state index contributed by atoms with van der Waals surface area (Å²) in [5, 5.41) is 0.605. The Balaban J connectivity index is 1.40. The average molecular weight is 411 g/mol. The van der Waals surface area contributed by atoms with E-state index in [4.69, 9.17) is 4.74 Å². The Morgan fingerprint density at radius 1 is 1.21 bits per heavy atom. The zero-order chi connectivity index (χ0) is 20.5. The van der Waals surface area contributed by atoms with Crippen molar-refractivity contribution in [3.8, 4) is 10.9 Å². The molecule has 1 aliphatic heterocycles. The molecule has 29 heavy (non-hydrogen) atoms. The Hall–Kier alpha value is -2.51. The van der Waals surface area contributed by atoms with Crippen LogP contribution in [0.3, 0.4) is 0 Å². The Labute approximate surface area is 175 Å². The van der Waals surface area contributed by atoms with Crippen LogP contribution < -0.4 is 4.74 Å². The van der Waals surface area contributed by atoms with Crippen molar-refractivity contribution in [3.63, 3.8) is 0 Å². The first-order valence-corrected chi connectivity index (χ1v) is 10.7. The standard InChI is InChI=1S/C22H26N4O2S/c1-14-9-20-21(23-10-14)24-22(29-20)28-19-7-5-18(6-8-19)13-25-11-16(3)26(17(4)27)12-15(25)2/h5-10,15-16H,11-13H2,1-4H3/t15-,16-/m0/s1. The van der Waals surface area contributed by atoms with E-state index >= 15 is 0 Å². The summed E-state index contributed by atoms with van der Waals surface area (Å²) in [6.45, 7) is 10.5. The van der Waals surface area contributed by atoms with Crippen molar-refractivity contribution in [1.29, 1.82) is 0 Å². The number of thiazole rings is 1. The third-order valence-electron chi connectivity index (χ3n) is 5.40. The van der Waals surface area contributed by atoms with Crippen molar-refractivity contribution in [2.45, 2.75) is 46.3 Å². The van der Waals surface area contributed by atoms with Crippen LogP contribution in [-0.4, -0.2) is 50.8 Å². The number of hydrogen-bond acceptors (Lipinski definition) is 6.